The van der Waals surface area contributed by atoms with E-state index in [9.17, 15) is 9.90 Å². The lowest BCUT2D eigenvalue weighted by molar-refractivity contribution is -0.136. The van der Waals surface area contributed by atoms with Gasteiger partial charge in [0.1, 0.15) is 0 Å². The van der Waals surface area contributed by atoms with Crippen molar-refractivity contribution in [3.05, 3.63) is 35.4 Å². The van der Waals surface area contributed by atoms with E-state index in [2.05, 4.69) is 49.9 Å². The summed E-state index contributed by atoms with van der Waals surface area (Å²) in [6.07, 6.45) is 1.93. The first kappa shape index (κ1) is 19.4. The number of carbonyl (C=O) groups is 1. The molecule has 0 aromatic heterocycles. The van der Waals surface area contributed by atoms with E-state index >= 15 is 0 Å². The van der Waals surface area contributed by atoms with E-state index in [1.807, 2.05) is 18.7 Å². The number of benzene rings is 1. The van der Waals surface area contributed by atoms with Crippen molar-refractivity contribution in [1.29, 1.82) is 0 Å². The zero-order valence-corrected chi connectivity index (χ0v) is 17.0. The van der Waals surface area contributed by atoms with Gasteiger partial charge in [-0.3, -0.25) is 9.69 Å². The standard InChI is InChI=1S/C22H34N2O2/c1-20(2,3)17-6-8-18(9-7-17)22(10-11-22)19(25)24-14-12-23(13-15-24)16-21(4,5)26/h6-9,26H,10-16H2,1-5H3. The van der Waals surface area contributed by atoms with Crippen LogP contribution >= 0.6 is 0 Å². The fourth-order valence-corrected chi connectivity index (χ4v) is 4.00. The molecule has 0 radical (unpaired) electrons. The zero-order chi connectivity index (χ0) is 19.2. The summed E-state index contributed by atoms with van der Waals surface area (Å²) in [6.45, 7) is 14.2. The molecule has 2 aliphatic rings. The van der Waals surface area contributed by atoms with Crippen LogP contribution in [0.4, 0.5) is 0 Å². The lowest BCUT2D eigenvalue weighted by Crippen LogP contribution is -2.53. The second kappa shape index (κ2) is 6.65. The number of hydrogen-bond donors (Lipinski definition) is 1. The molecule has 4 nitrogen and oxygen atoms in total. The number of aliphatic hydroxyl groups is 1. The van der Waals surface area contributed by atoms with Crippen LogP contribution in [0.15, 0.2) is 24.3 Å². The van der Waals surface area contributed by atoms with Gasteiger partial charge in [0.05, 0.1) is 11.0 Å². The summed E-state index contributed by atoms with van der Waals surface area (Å²) in [5.74, 6) is 0.295. The van der Waals surface area contributed by atoms with E-state index in [0.29, 0.717) is 12.5 Å². The number of amides is 1. The third kappa shape index (κ3) is 4.12. The van der Waals surface area contributed by atoms with Gasteiger partial charge in [-0.15, -0.1) is 0 Å². The second-order valence-electron chi connectivity index (χ2n) is 9.79. The summed E-state index contributed by atoms with van der Waals surface area (Å²) in [4.78, 5) is 17.5. The fourth-order valence-electron chi connectivity index (χ4n) is 4.00. The zero-order valence-electron chi connectivity index (χ0n) is 17.0. The Morgan fingerprint density at radius 3 is 1.96 bits per heavy atom. The second-order valence-corrected chi connectivity index (χ2v) is 9.79. The summed E-state index contributed by atoms with van der Waals surface area (Å²) in [6, 6.07) is 8.69. The number of carbonyl (C=O) groups excluding carboxylic acids is 1. The molecule has 1 aliphatic carbocycles. The molecule has 144 valence electrons. The summed E-state index contributed by atoms with van der Waals surface area (Å²) >= 11 is 0. The van der Waals surface area contributed by atoms with Gasteiger partial charge in [-0.25, -0.2) is 0 Å². The van der Waals surface area contributed by atoms with Crippen molar-refractivity contribution in [2.24, 2.45) is 0 Å². The molecule has 1 amide bonds. The Morgan fingerprint density at radius 1 is 1.00 bits per heavy atom. The lowest BCUT2D eigenvalue weighted by atomic mass is 9.84. The molecule has 4 heteroatoms. The molecule has 0 unspecified atom stereocenters. The lowest BCUT2D eigenvalue weighted by Gasteiger charge is -2.38. The normalized spacial score (nSPS) is 20.9. The van der Waals surface area contributed by atoms with Crippen LogP contribution in [0.5, 0.6) is 0 Å². The number of hydrogen-bond acceptors (Lipinski definition) is 3. The van der Waals surface area contributed by atoms with E-state index in [-0.39, 0.29) is 10.8 Å². The molecule has 26 heavy (non-hydrogen) atoms. The third-order valence-electron chi connectivity index (χ3n) is 5.73. The first-order valence-corrected chi connectivity index (χ1v) is 9.86. The molecule has 1 aromatic carbocycles. The molecular formula is C22H34N2O2. The van der Waals surface area contributed by atoms with Crippen LogP contribution in [-0.4, -0.2) is 59.1 Å². The van der Waals surface area contributed by atoms with E-state index < -0.39 is 5.60 Å². The van der Waals surface area contributed by atoms with Gasteiger partial charge >= 0.3 is 0 Å². The maximum Gasteiger partial charge on any atom is 0.233 e. The Hall–Kier alpha value is -1.39. The van der Waals surface area contributed by atoms with Crippen LogP contribution in [0.2, 0.25) is 0 Å². The summed E-state index contributed by atoms with van der Waals surface area (Å²) < 4.78 is 0. The molecule has 0 spiro atoms. The maximum absolute atomic E-state index is 13.2. The van der Waals surface area contributed by atoms with E-state index in [1.54, 1.807) is 0 Å². The fraction of sp³-hybridized carbons (Fsp3) is 0.682. The Kier molecular flexibility index (Phi) is 4.95. The minimum atomic E-state index is -0.682. The van der Waals surface area contributed by atoms with Crippen LogP contribution in [0.25, 0.3) is 0 Å². The van der Waals surface area contributed by atoms with Gasteiger partial charge in [0, 0.05) is 32.7 Å². The molecule has 1 aliphatic heterocycles. The molecule has 1 aromatic rings. The minimum absolute atomic E-state index is 0.135. The van der Waals surface area contributed by atoms with Gasteiger partial charge in [-0.2, -0.15) is 0 Å². The summed E-state index contributed by atoms with van der Waals surface area (Å²) in [5, 5.41) is 9.99. The predicted molar refractivity (Wildman–Crippen MR) is 105 cm³/mol. The van der Waals surface area contributed by atoms with Crippen molar-refractivity contribution in [3.8, 4) is 0 Å². The first-order valence-electron chi connectivity index (χ1n) is 9.86. The monoisotopic (exact) mass is 358 g/mol. The highest BCUT2D eigenvalue weighted by Gasteiger charge is 2.53. The Labute approximate surface area is 158 Å². The topological polar surface area (TPSA) is 43.8 Å². The van der Waals surface area contributed by atoms with Crippen molar-refractivity contribution in [1.82, 2.24) is 9.80 Å². The molecule has 1 N–H and O–H groups in total. The average Bonchev–Trinajstić information content (AvgIpc) is 3.34. The number of rotatable bonds is 4. The van der Waals surface area contributed by atoms with Crippen molar-refractivity contribution in [2.75, 3.05) is 32.7 Å². The minimum Gasteiger partial charge on any atom is -0.389 e. The van der Waals surface area contributed by atoms with Crippen LogP contribution in [0.3, 0.4) is 0 Å². The van der Waals surface area contributed by atoms with E-state index in [1.165, 1.54) is 11.1 Å². The van der Waals surface area contributed by atoms with E-state index in [4.69, 9.17) is 0 Å². The van der Waals surface area contributed by atoms with Crippen LogP contribution < -0.4 is 0 Å². The summed E-state index contributed by atoms with van der Waals surface area (Å²) in [5.41, 5.74) is 1.66. The SMILES string of the molecule is CC(C)(O)CN1CCN(C(=O)C2(c3ccc(C(C)(C)C)cc3)CC2)CC1. The van der Waals surface area contributed by atoms with Gasteiger partial charge in [0.2, 0.25) is 5.91 Å². The Morgan fingerprint density at radius 2 is 1.54 bits per heavy atom. The quantitative estimate of drug-likeness (QED) is 0.900. The van der Waals surface area contributed by atoms with E-state index in [0.717, 1.165) is 39.0 Å². The summed E-state index contributed by atoms with van der Waals surface area (Å²) in [7, 11) is 0. The van der Waals surface area contributed by atoms with Crippen molar-refractivity contribution in [2.45, 2.75) is 63.9 Å². The smallest absolute Gasteiger partial charge is 0.233 e. The van der Waals surface area contributed by atoms with Gasteiger partial charge in [-0.05, 0) is 43.2 Å². The van der Waals surface area contributed by atoms with Crippen molar-refractivity contribution >= 4 is 5.91 Å². The van der Waals surface area contributed by atoms with Crippen LogP contribution in [-0.2, 0) is 15.6 Å². The van der Waals surface area contributed by atoms with Gasteiger partial charge in [0.25, 0.3) is 0 Å². The Bertz CT molecular complexity index is 640. The van der Waals surface area contributed by atoms with Gasteiger partial charge < -0.3 is 10.0 Å². The largest absolute Gasteiger partial charge is 0.389 e. The third-order valence-corrected chi connectivity index (χ3v) is 5.73. The Balaban J connectivity index is 1.65. The van der Waals surface area contributed by atoms with Crippen LogP contribution in [0.1, 0.15) is 58.6 Å². The highest BCUT2D eigenvalue weighted by molar-refractivity contribution is 5.91. The highest BCUT2D eigenvalue weighted by Crippen LogP contribution is 2.50. The van der Waals surface area contributed by atoms with Crippen molar-refractivity contribution in [3.63, 3.8) is 0 Å². The van der Waals surface area contributed by atoms with Crippen molar-refractivity contribution < 1.29 is 9.90 Å². The van der Waals surface area contributed by atoms with Crippen LogP contribution in [0, 0.1) is 0 Å². The molecular weight excluding hydrogens is 324 g/mol. The van der Waals surface area contributed by atoms with Gasteiger partial charge in [0.15, 0.2) is 0 Å². The number of nitrogens with zero attached hydrogens (tertiary/aromatic N) is 2. The molecule has 0 bridgehead atoms. The molecule has 1 saturated carbocycles. The molecule has 0 atom stereocenters. The highest BCUT2D eigenvalue weighted by atomic mass is 16.3. The number of β-amino-alcohol motifs (C(OH)–C–C–N with tert-alkyl or cyclic N) is 1. The maximum atomic E-state index is 13.2. The average molecular weight is 359 g/mol. The number of piperazine rings is 1. The first-order chi connectivity index (χ1) is 12.0. The van der Waals surface area contributed by atoms with Gasteiger partial charge in [-0.1, -0.05) is 45.0 Å². The molecule has 1 saturated heterocycles. The molecule has 1 heterocycles. The molecule has 2 fully saturated rings. The predicted octanol–water partition coefficient (Wildman–Crippen LogP) is 2.93. The molecule has 3 rings (SSSR count).